The number of amides is 1. The Morgan fingerprint density at radius 3 is 2.92 bits per heavy atom. The van der Waals surface area contributed by atoms with E-state index >= 15 is 0 Å². The number of hydrazine groups is 1. The van der Waals surface area contributed by atoms with Crippen molar-refractivity contribution in [1.29, 1.82) is 0 Å². The summed E-state index contributed by atoms with van der Waals surface area (Å²) in [6, 6.07) is 7.68. The molecule has 0 unspecified atom stereocenters. The molecular weight excluding hydrogens is 166 g/mol. The number of carbonyl (C=O) groups is 1. The minimum atomic E-state index is -0.132. The van der Waals surface area contributed by atoms with Crippen LogP contribution in [0.2, 0.25) is 0 Å². The minimum Gasteiger partial charge on any atom is -0.270 e. The summed E-state index contributed by atoms with van der Waals surface area (Å²) < 4.78 is 0. The Balaban J connectivity index is 2.35. The largest absolute Gasteiger partial charge is 0.270 e. The van der Waals surface area contributed by atoms with Crippen LogP contribution < -0.4 is 21.1 Å². The van der Waals surface area contributed by atoms with Gasteiger partial charge < -0.3 is 0 Å². The third-order valence-corrected chi connectivity index (χ3v) is 1.69. The fourth-order valence-corrected chi connectivity index (χ4v) is 1.18. The van der Waals surface area contributed by atoms with Gasteiger partial charge in [-0.3, -0.25) is 4.79 Å². The van der Waals surface area contributed by atoms with Gasteiger partial charge in [-0.2, -0.15) is 0 Å². The van der Waals surface area contributed by atoms with Crippen LogP contribution in [-0.2, 0) is 4.79 Å². The second-order valence-electron chi connectivity index (χ2n) is 2.80. The zero-order valence-corrected chi connectivity index (χ0v) is 7.19. The van der Waals surface area contributed by atoms with E-state index in [2.05, 4.69) is 10.5 Å². The highest BCUT2D eigenvalue weighted by Gasteiger charge is 2.17. The molecule has 1 heterocycles. The number of nitrogens with one attached hydrogen (secondary N) is 1. The number of hydrogen-bond acceptors (Lipinski definition) is 3. The smallest absolute Gasteiger partial charge is 0.269 e. The number of fused-ring (bicyclic) bond motifs is 1. The van der Waals surface area contributed by atoms with Crippen LogP contribution in [0.25, 0.3) is 6.20 Å². The molecule has 4 heteroatoms. The molecule has 0 bridgehead atoms. The first kappa shape index (κ1) is 7.94. The molecule has 0 saturated heterocycles. The third kappa shape index (κ3) is 1.57. The lowest BCUT2D eigenvalue weighted by Gasteiger charge is -1.91. The highest BCUT2D eigenvalue weighted by molar-refractivity contribution is 5.73. The molecule has 2 rings (SSSR count). The summed E-state index contributed by atoms with van der Waals surface area (Å²) in [6.45, 7) is 1.45. The Hall–Kier alpha value is -1.68. The summed E-state index contributed by atoms with van der Waals surface area (Å²) >= 11 is 0. The van der Waals surface area contributed by atoms with Crippen LogP contribution in [0.4, 0.5) is 0 Å². The second kappa shape index (κ2) is 2.99. The summed E-state index contributed by atoms with van der Waals surface area (Å²) in [5, 5.41) is 7.44. The van der Waals surface area contributed by atoms with Gasteiger partial charge in [0.15, 0.2) is 0 Å². The molecule has 0 spiro atoms. The molecule has 0 fully saturated rings. The molecule has 65 valence electrons. The standard InChI is InChI=1S/C9H9N3O/c1-7(13)10-12-6-8-4-2-3-5-9(8)11-12/h2-6H,1H3,(H,10,13)/q+1. The van der Waals surface area contributed by atoms with E-state index in [1.165, 1.54) is 12.0 Å². The van der Waals surface area contributed by atoms with Crippen LogP contribution in [0.1, 0.15) is 6.92 Å². The molecule has 0 aromatic heterocycles. The van der Waals surface area contributed by atoms with Crippen molar-refractivity contribution in [1.82, 2.24) is 10.5 Å². The van der Waals surface area contributed by atoms with Gasteiger partial charge in [-0.25, -0.2) is 0 Å². The van der Waals surface area contributed by atoms with Crippen molar-refractivity contribution in [2.75, 3.05) is 0 Å². The highest BCUT2D eigenvalue weighted by atomic mass is 16.2. The fraction of sp³-hybridized carbons (Fsp3) is 0.111. The summed E-state index contributed by atoms with van der Waals surface area (Å²) in [7, 11) is 0. The van der Waals surface area contributed by atoms with Crippen LogP contribution in [0.3, 0.4) is 0 Å². The quantitative estimate of drug-likeness (QED) is 0.556. The first-order valence-electron chi connectivity index (χ1n) is 3.98. The van der Waals surface area contributed by atoms with Gasteiger partial charge in [0.25, 0.3) is 5.91 Å². The average molecular weight is 175 g/mol. The van der Waals surface area contributed by atoms with Gasteiger partial charge in [0.2, 0.25) is 6.20 Å². The lowest BCUT2D eigenvalue weighted by atomic mass is 10.3. The van der Waals surface area contributed by atoms with Gasteiger partial charge in [0.1, 0.15) is 10.5 Å². The lowest BCUT2D eigenvalue weighted by molar-refractivity contribution is -0.120. The Kier molecular flexibility index (Phi) is 1.83. The molecule has 1 aromatic rings. The Morgan fingerprint density at radius 2 is 2.23 bits per heavy atom. The zero-order chi connectivity index (χ0) is 9.26. The predicted molar refractivity (Wildman–Crippen MR) is 47.6 cm³/mol. The van der Waals surface area contributed by atoms with Crippen LogP contribution in [0.5, 0.6) is 0 Å². The molecule has 0 atom stereocenters. The SMILES string of the molecule is CC(=O)N[N+]1C=c2ccccc2=N1. The van der Waals surface area contributed by atoms with E-state index in [4.69, 9.17) is 0 Å². The molecule has 1 aromatic carbocycles. The van der Waals surface area contributed by atoms with E-state index in [-0.39, 0.29) is 5.91 Å². The second-order valence-corrected chi connectivity index (χ2v) is 2.80. The molecule has 1 N–H and O–H groups in total. The van der Waals surface area contributed by atoms with E-state index in [9.17, 15) is 4.79 Å². The van der Waals surface area contributed by atoms with Gasteiger partial charge >= 0.3 is 0 Å². The van der Waals surface area contributed by atoms with Crippen molar-refractivity contribution >= 4 is 12.1 Å². The highest BCUT2D eigenvalue weighted by Crippen LogP contribution is 1.84. The zero-order valence-electron chi connectivity index (χ0n) is 7.19. The van der Waals surface area contributed by atoms with Gasteiger partial charge in [0, 0.05) is 12.0 Å². The molecular formula is C9H9N3O+. The first-order valence-corrected chi connectivity index (χ1v) is 3.98. The lowest BCUT2D eigenvalue weighted by Crippen LogP contribution is -2.36. The van der Waals surface area contributed by atoms with Crippen LogP contribution >= 0.6 is 0 Å². The van der Waals surface area contributed by atoms with E-state index in [1.54, 1.807) is 6.20 Å². The fourth-order valence-electron chi connectivity index (χ4n) is 1.18. The van der Waals surface area contributed by atoms with Crippen molar-refractivity contribution in [3.63, 3.8) is 0 Å². The molecule has 13 heavy (non-hydrogen) atoms. The number of rotatable bonds is 1. The van der Waals surface area contributed by atoms with Gasteiger partial charge in [-0.15, -0.1) is 5.43 Å². The summed E-state index contributed by atoms with van der Waals surface area (Å²) in [6.07, 6.45) is 1.77. The third-order valence-electron chi connectivity index (χ3n) is 1.69. The first-order chi connectivity index (χ1) is 6.25. The van der Waals surface area contributed by atoms with E-state index in [1.807, 2.05) is 24.3 Å². The maximum Gasteiger partial charge on any atom is 0.269 e. The normalized spacial score (nSPS) is 14.2. The number of benzene rings is 1. The average Bonchev–Trinajstić information content (AvgIpc) is 2.44. The number of hydrogen-bond donors (Lipinski definition) is 1. The van der Waals surface area contributed by atoms with Crippen molar-refractivity contribution < 1.29 is 4.79 Å². The van der Waals surface area contributed by atoms with Crippen LogP contribution in [0.15, 0.2) is 29.4 Å². The molecule has 4 nitrogen and oxygen atoms in total. The monoisotopic (exact) mass is 175 g/mol. The van der Waals surface area contributed by atoms with Crippen molar-refractivity contribution in [3.8, 4) is 0 Å². The maximum atomic E-state index is 10.7. The predicted octanol–water partition coefficient (Wildman–Crippen LogP) is -0.836. The summed E-state index contributed by atoms with van der Waals surface area (Å²) in [5.74, 6) is -0.132. The maximum absolute atomic E-state index is 10.7. The summed E-state index contributed by atoms with van der Waals surface area (Å²) in [4.78, 5) is 10.7. The molecule has 1 amide bonds. The Labute approximate surface area is 75.1 Å². The van der Waals surface area contributed by atoms with Crippen LogP contribution in [0, 0.1) is 0 Å². The van der Waals surface area contributed by atoms with Gasteiger partial charge in [-0.05, 0) is 12.1 Å². The van der Waals surface area contributed by atoms with Gasteiger partial charge in [0.05, 0.1) is 5.22 Å². The minimum absolute atomic E-state index is 0.132. The summed E-state index contributed by atoms with van der Waals surface area (Å²) in [5.41, 5.74) is 2.56. The Morgan fingerprint density at radius 1 is 1.46 bits per heavy atom. The van der Waals surface area contributed by atoms with Crippen molar-refractivity contribution in [2.24, 2.45) is 5.10 Å². The number of nitrogens with zero attached hydrogens (tertiary/aromatic N) is 2. The molecule has 0 aliphatic carbocycles. The van der Waals surface area contributed by atoms with Crippen molar-refractivity contribution in [3.05, 3.63) is 34.8 Å². The molecule has 0 saturated carbocycles. The topological polar surface area (TPSA) is 47.4 Å². The van der Waals surface area contributed by atoms with Crippen molar-refractivity contribution in [2.45, 2.75) is 6.92 Å². The van der Waals surface area contributed by atoms with E-state index in [0.717, 1.165) is 10.6 Å². The molecule has 1 radical (unpaired) electrons. The molecule has 1 aliphatic heterocycles. The van der Waals surface area contributed by atoms with Gasteiger partial charge in [-0.1, -0.05) is 12.1 Å². The number of carbonyl (C=O) groups excluding carboxylic acids is 1. The van der Waals surface area contributed by atoms with Crippen LogP contribution in [-0.4, -0.2) is 5.91 Å². The molecule has 1 aliphatic rings. The van der Waals surface area contributed by atoms with E-state index in [0.29, 0.717) is 0 Å². The van der Waals surface area contributed by atoms with E-state index < -0.39 is 0 Å². The Bertz CT molecular complexity index is 417.